The number of nitrogens with one attached hydrogen (secondary N) is 2. The number of rotatable bonds is 6. The van der Waals surface area contributed by atoms with Crippen molar-refractivity contribution in [2.24, 2.45) is 0 Å². The molecular weight excluding hydrogens is 336 g/mol. The second kappa shape index (κ2) is 7.04. The smallest absolute Gasteiger partial charge is 0.142 e. The molecule has 0 saturated heterocycles. The van der Waals surface area contributed by atoms with Crippen molar-refractivity contribution in [3.8, 4) is 0 Å². The first-order valence-electron chi connectivity index (χ1n) is 8.25. The third-order valence-electron chi connectivity index (χ3n) is 4.36. The number of nitrogens with zero attached hydrogens (tertiary/aromatic N) is 1. The molecule has 0 spiro atoms. The number of nitrogens with two attached hydrogens (primary N) is 1. The van der Waals surface area contributed by atoms with Crippen LogP contribution in [-0.4, -0.2) is 27.2 Å². The Morgan fingerprint density at radius 1 is 1.36 bits per heavy atom. The van der Waals surface area contributed by atoms with Crippen LogP contribution in [0.25, 0.3) is 10.9 Å². The molecule has 1 aromatic carbocycles. The number of halogens is 1. The number of aromatic nitrogens is 2. The van der Waals surface area contributed by atoms with Gasteiger partial charge in [-0.3, -0.25) is 0 Å². The predicted molar refractivity (Wildman–Crippen MR) is 103 cm³/mol. The van der Waals surface area contributed by atoms with E-state index in [-0.39, 0.29) is 11.4 Å². The normalized spacial score (nSPS) is 13.3. The zero-order valence-electron chi connectivity index (χ0n) is 14.4. The summed E-state index contributed by atoms with van der Waals surface area (Å²) < 4.78 is 0. The van der Waals surface area contributed by atoms with Gasteiger partial charge in [-0.25, -0.2) is 4.98 Å². The summed E-state index contributed by atoms with van der Waals surface area (Å²) in [7, 11) is 0. The highest BCUT2D eigenvalue weighted by Gasteiger charge is 2.21. The average molecular weight is 359 g/mol. The second-order valence-corrected chi connectivity index (χ2v) is 7.36. The molecule has 0 aliphatic carbocycles. The monoisotopic (exact) mass is 358 g/mol. The van der Waals surface area contributed by atoms with Gasteiger partial charge in [-0.1, -0.05) is 29.8 Å². The van der Waals surface area contributed by atoms with Crippen LogP contribution < -0.4 is 11.1 Å². The zero-order valence-corrected chi connectivity index (χ0v) is 15.1. The highest BCUT2D eigenvalue weighted by Crippen LogP contribution is 2.24. The van der Waals surface area contributed by atoms with Crippen LogP contribution in [0.3, 0.4) is 0 Å². The number of aromatic amines is 1. The lowest BCUT2D eigenvalue weighted by Crippen LogP contribution is -2.43. The third-order valence-corrected chi connectivity index (χ3v) is 4.66. The van der Waals surface area contributed by atoms with E-state index in [9.17, 15) is 5.11 Å². The number of nitrogen functional groups attached to an aromatic ring is 1. The molecule has 0 aliphatic heterocycles. The lowest BCUT2D eigenvalue weighted by Gasteiger charge is -2.28. The minimum Gasteiger partial charge on any atom is -0.387 e. The van der Waals surface area contributed by atoms with Crippen molar-refractivity contribution >= 4 is 28.3 Å². The number of anilines is 1. The minimum atomic E-state index is -0.701. The third kappa shape index (κ3) is 4.12. The van der Waals surface area contributed by atoms with Gasteiger partial charge in [-0.05, 0) is 38.0 Å². The van der Waals surface area contributed by atoms with Gasteiger partial charge in [-0.15, -0.1) is 0 Å². The molecule has 0 amide bonds. The molecule has 2 aromatic heterocycles. The molecule has 5 nitrogen and oxygen atoms in total. The molecule has 0 saturated carbocycles. The molecule has 1 atom stereocenters. The van der Waals surface area contributed by atoms with Crippen molar-refractivity contribution in [2.45, 2.75) is 31.9 Å². The molecule has 2 heterocycles. The molecule has 5 N–H and O–H groups in total. The number of aliphatic hydroxyl groups is 1. The lowest BCUT2D eigenvalue weighted by molar-refractivity contribution is 0.160. The van der Waals surface area contributed by atoms with E-state index in [2.05, 4.69) is 41.3 Å². The summed E-state index contributed by atoms with van der Waals surface area (Å²) in [6.07, 6.45) is 3.74. The first kappa shape index (κ1) is 17.7. The SMILES string of the molecule is CC(C)(Cc1c[nH]c2ccccc12)NCC(O)c1cnc(N)c(Cl)c1. The average Bonchev–Trinajstić information content (AvgIpc) is 2.98. The number of pyridine rings is 1. The van der Waals surface area contributed by atoms with E-state index < -0.39 is 6.10 Å². The molecule has 0 radical (unpaired) electrons. The summed E-state index contributed by atoms with van der Waals surface area (Å²) in [6.45, 7) is 4.64. The number of aliphatic hydroxyl groups excluding tert-OH is 1. The fraction of sp³-hybridized carbons (Fsp3) is 0.316. The molecule has 25 heavy (non-hydrogen) atoms. The quantitative estimate of drug-likeness (QED) is 0.543. The summed E-state index contributed by atoms with van der Waals surface area (Å²) in [5, 5.41) is 15.4. The standard InChI is InChI=1S/C19H23ClN4O/c1-19(2,8-13-10-22-16-6-4-3-5-14(13)16)24-11-17(25)12-7-15(20)18(21)23-9-12/h3-7,9-10,17,22,24-25H,8,11H2,1-2H3,(H2,21,23). The number of benzene rings is 1. The molecule has 3 aromatic rings. The van der Waals surface area contributed by atoms with Crippen molar-refractivity contribution in [3.63, 3.8) is 0 Å². The van der Waals surface area contributed by atoms with Gasteiger partial charge in [0.25, 0.3) is 0 Å². The maximum absolute atomic E-state index is 10.4. The fourth-order valence-electron chi connectivity index (χ4n) is 2.95. The second-order valence-electron chi connectivity index (χ2n) is 6.95. The van der Waals surface area contributed by atoms with E-state index in [0.717, 1.165) is 11.9 Å². The van der Waals surface area contributed by atoms with E-state index in [4.69, 9.17) is 17.3 Å². The fourth-order valence-corrected chi connectivity index (χ4v) is 3.13. The Kier molecular flexibility index (Phi) is 4.99. The Morgan fingerprint density at radius 2 is 2.12 bits per heavy atom. The highest BCUT2D eigenvalue weighted by molar-refractivity contribution is 6.32. The first-order valence-corrected chi connectivity index (χ1v) is 8.62. The Hall–Kier alpha value is -2.08. The van der Waals surface area contributed by atoms with Crippen LogP contribution in [0.2, 0.25) is 5.02 Å². The molecule has 6 heteroatoms. The van der Waals surface area contributed by atoms with Crippen LogP contribution in [0.4, 0.5) is 5.82 Å². The van der Waals surface area contributed by atoms with Crippen LogP contribution >= 0.6 is 11.6 Å². The van der Waals surface area contributed by atoms with E-state index >= 15 is 0 Å². The van der Waals surface area contributed by atoms with Crippen molar-refractivity contribution < 1.29 is 5.11 Å². The van der Waals surface area contributed by atoms with Crippen molar-refractivity contribution in [1.29, 1.82) is 0 Å². The molecular formula is C19H23ClN4O. The number of para-hydroxylation sites is 1. The van der Waals surface area contributed by atoms with E-state index in [1.54, 1.807) is 12.3 Å². The van der Waals surface area contributed by atoms with E-state index in [0.29, 0.717) is 17.1 Å². The Bertz CT molecular complexity index is 875. The summed E-state index contributed by atoms with van der Waals surface area (Å²) >= 11 is 5.98. The minimum absolute atomic E-state index is 0.184. The van der Waals surface area contributed by atoms with Gasteiger partial charge >= 0.3 is 0 Å². The zero-order chi connectivity index (χ0) is 18.0. The van der Waals surface area contributed by atoms with Crippen molar-refractivity contribution in [3.05, 3.63) is 58.9 Å². The summed E-state index contributed by atoms with van der Waals surface area (Å²) in [5.74, 6) is 0.269. The number of H-pyrrole nitrogens is 1. The number of hydrogen-bond donors (Lipinski definition) is 4. The molecule has 132 valence electrons. The summed E-state index contributed by atoms with van der Waals surface area (Å²) in [6, 6.07) is 9.91. The number of fused-ring (bicyclic) bond motifs is 1. The van der Waals surface area contributed by atoms with Gasteiger partial charge in [0, 0.05) is 40.9 Å². The molecule has 0 bridgehead atoms. The van der Waals surface area contributed by atoms with Crippen LogP contribution in [0.1, 0.15) is 31.1 Å². The molecule has 1 unspecified atom stereocenters. The van der Waals surface area contributed by atoms with Gasteiger partial charge in [-0.2, -0.15) is 0 Å². The number of hydrogen-bond acceptors (Lipinski definition) is 4. The Morgan fingerprint density at radius 3 is 2.88 bits per heavy atom. The lowest BCUT2D eigenvalue weighted by atomic mass is 9.94. The topological polar surface area (TPSA) is 87.0 Å². The highest BCUT2D eigenvalue weighted by atomic mass is 35.5. The van der Waals surface area contributed by atoms with E-state index in [1.165, 1.54) is 10.9 Å². The van der Waals surface area contributed by atoms with Gasteiger partial charge in [0.05, 0.1) is 11.1 Å². The van der Waals surface area contributed by atoms with Gasteiger partial charge in [0.1, 0.15) is 5.82 Å². The Labute approximate surface area is 152 Å². The maximum Gasteiger partial charge on any atom is 0.142 e. The van der Waals surface area contributed by atoms with Gasteiger partial charge in [0.2, 0.25) is 0 Å². The predicted octanol–water partition coefficient (Wildman–Crippen LogP) is 3.44. The molecule has 0 fully saturated rings. The molecule has 3 rings (SSSR count). The summed E-state index contributed by atoms with van der Waals surface area (Å²) in [5.41, 5.74) is 8.46. The largest absolute Gasteiger partial charge is 0.387 e. The van der Waals surface area contributed by atoms with Crippen LogP contribution in [0.5, 0.6) is 0 Å². The van der Waals surface area contributed by atoms with Gasteiger partial charge < -0.3 is 21.1 Å². The Balaban J connectivity index is 1.65. The van der Waals surface area contributed by atoms with Crippen LogP contribution in [-0.2, 0) is 6.42 Å². The first-order chi connectivity index (χ1) is 11.9. The number of β-amino-alcohol motifs (C(OH)–C–C–N with tert-alkyl or cyclic N) is 1. The van der Waals surface area contributed by atoms with Crippen molar-refractivity contribution in [1.82, 2.24) is 15.3 Å². The van der Waals surface area contributed by atoms with E-state index in [1.807, 2.05) is 18.3 Å². The van der Waals surface area contributed by atoms with Crippen LogP contribution in [0, 0.1) is 0 Å². The molecule has 0 aliphatic rings. The van der Waals surface area contributed by atoms with Crippen LogP contribution in [0.15, 0.2) is 42.7 Å². The van der Waals surface area contributed by atoms with Gasteiger partial charge in [0.15, 0.2) is 0 Å². The maximum atomic E-state index is 10.4. The summed E-state index contributed by atoms with van der Waals surface area (Å²) in [4.78, 5) is 7.29. The van der Waals surface area contributed by atoms with Crippen molar-refractivity contribution in [2.75, 3.05) is 12.3 Å².